The van der Waals surface area contributed by atoms with Gasteiger partial charge in [-0.25, -0.2) is 0 Å². The average molecular weight is 178 g/mol. The van der Waals surface area contributed by atoms with Crippen LogP contribution in [0.5, 0.6) is 0 Å². The molecule has 0 spiro atoms. The van der Waals surface area contributed by atoms with E-state index >= 15 is 0 Å². The summed E-state index contributed by atoms with van der Waals surface area (Å²) in [4.78, 5) is 0. The first kappa shape index (κ1) is 11.1. The second-order valence-electron chi connectivity index (χ2n) is 3.07. The molecule has 0 aliphatic carbocycles. The Labute approximate surface area is 71.4 Å². The van der Waals surface area contributed by atoms with Gasteiger partial charge in [0.25, 0.3) is 0 Å². The first-order valence-corrected chi connectivity index (χ1v) is 4.59. The first-order chi connectivity index (χ1) is 4.93. The van der Waals surface area contributed by atoms with Gasteiger partial charge in [-0.1, -0.05) is 0 Å². The molecular weight excluding hydrogens is 160 g/mol. The van der Waals surface area contributed by atoms with Crippen molar-refractivity contribution in [3.63, 3.8) is 0 Å². The van der Waals surface area contributed by atoms with Gasteiger partial charge in [0.15, 0.2) is 5.41 Å². The second-order valence-corrected chi connectivity index (χ2v) is 4.38. The van der Waals surface area contributed by atoms with Gasteiger partial charge in [-0.2, -0.15) is 0 Å². The van der Waals surface area contributed by atoms with Crippen molar-refractivity contribution in [3.8, 4) is 0 Å². The molecule has 0 amide bonds. The molecule has 11 heavy (non-hydrogen) atoms. The Hall–Kier alpha value is 0.0969. The molecule has 0 fully saturated rings. The van der Waals surface area contributed by atoms with Crippen LogP contribution in [0.3, 0.4) is 0 Å². The molecule has 68 valence electrons. The van der Waals surface area contributed by atoms with Gasteiger partial charge < -0.3 is 14.2 Å². The third-order valence-electron chi connectivity index (χ3n) is 2.38. The molecule has 0 N–H and O–H groups in total. The van der Waals surface area contributed by atoms with Crippen LogP contribution in [0.1, 0.15) is 13.8 Å². The quantitative estimate of drug-likeness (QED) is 0.438. The maximum atomic E-state index is 5.27. The van der Waals surface area contributed by atoms with Gasteiger partial charge in [-0.3, -0.25) is 0 Å². The van der Waals surface area contributed by atoms with Crippen molar-refractivity contribution in [2.75, 3.05) is 21.3 Å². The summed E-state index contributed by atoms with van der Waals surface area (Å²) in [5, 5.41) is 0. The summed E-state index contributed by atoms with van der Waals surface area (Å²) in [6.07, 6.45) is 0. The van der Waals surface area contributed by atoms with Gasteiger partial charge >= 0.3 is 0 Å². The predicted octanol–water partition coefficient (Wildman–Crippen LogP) is -0.277. The molecule has 0 aromatic rings. The SMILES string of the molecule is COC(C)(C)C([SiH3])(OC)OC. The van der Waals surface area contributed by atoms with Crippen LogP contribution in [-0.4, -0.2) is 42.6 Å². The van der Waals surface area contributed by atoms with Gasteiger partial charge in [0, 0.05) is 21.3 Å². The summed E-state index contributed by atoms with van der Waals surface area (Å²) in [5.41, 5.74) is -0.940. The topological polar surface area (TPSA) is 27.7 Å². The van der Waals surface area contributed by atoms with Crippen LogP contribution in [0.2, 0.25) is 0 Å². The Kier molecular flexibility index (Phi) is 3.70. The highest BCUT2D eigenvalue weighted by molar-refractivity contribution is 6.14. The fraction of sp³-hybridized carbons (Fsp3) is 1.00. The van der Waals surface area contributed by atoms with Crippen molar-refractivity contribution < 1.29 is 14.2 Å². The van der Waals surface area contributed by atoms with Gasteiger partial charge in [0.1, 0.15) is 5.60 Å². The van der Waals surface area contributed by atoms with Crippen LogP contribution < -0.4 is 0 Å². The Bertz CT molecular complexity index is 121. The Morgan fingerprint density at radius 3 is 1.36 bits per heavy atom. The molecule has 0 unspecified atom stereocenters. The van der Waals surface area contributed by atoms with E-state index in [1.54, 1.807) is 21.3 Å². The molecular formula is C7H18O3Si. The highest BCUT2D eigenvalue weighted by Crippen LogP contribution is 2.25. The average Bonchev–Trinajstić information content (AvgIpc) is 2.02. The highest BCUT2D eigenvalue weighted by Gasteiger charge is 2.41. The van der Waals surface area contributed by atoms with Gasteiger partial charge in [0.05, 0.1) is 10.2 Å². The normalized spacial score (nSPS) is 13.9. The lowest BCUT2D eigenvalue weighted by Crippen LogP contribution is -2.54. The molecule has 0 bridgehead atoms. The lowest BCUT2D eigenvalue weighted by atomic mass is 10.1. The van der Waals surface area contributed by atoms with Crippen molar-refractivity contribution in [1.82, 2.24) is 0 Å². The van der Waals surface area contributed by atoms with Crippen molar-refractivity contribution in [1.29, 1.82) is 0 Å². The van der Waals surface area contributed by atoms with Crippen LogP contribution in [-0.2, 0) is 14.2 Å². The summed E-state index contributed by atoms with van der Waals surface area (Å²) in [7, 11) is 5.70. The summed E-state index contributed by atoms with van der Waals surface area (Å²) < 4.78 is 15.8. The van der Waals surface area contributed by atoms with Crippen molar-refractivity contribution in [2.45, 2.75) is 24.9 Å². The zero-order chi connectivity index (χ0) is 9.12. The maximum absolute atomic E-state index is 5.27. The molecule has 0 atom stereocenters. The largest absolute Gasteiger partial charge is 0.374 e. The fourth-order valence-electron chi connectivity index (χ4n) is 0.760. The van der Waals surface area contributed by atoms with E-state index in [0.717, 1.165) is 10.2 Å². The standard InChI is InChI=1S/C7H18O3Si/c1-6(2,8-3)7(11,9-4)10-5/h1-5,11H3. The molecule has 0 saturated carbocycles. The zero-order valence-electron chi connectivity index (χ0n) is 8.22. The minimum Gasteiger partial charge on any atom is -0.374 e. The first-order valence-electron chi connectivity index (χ1n) is 3.59. The van der Waals surface area contributed by atoms with E-state index < -0.39 is 5.41 Å². The van der Waals surface area contributed by atoms with E-state index in [9.17, 15) is 0 Å². The lowest BCUT2D eigenvalue weighted by molar-refractivity contribution is -0.244. The lowest BCUT2D eigenvalue weighted by Gasteiger charge is -2.40. The highest BCUT2D eigenvalue weighted by atomic mass is 28.1. The number of hydrogen-bond donors (Lipinski definition) is 0. The molecule has 0 aromatic carbocycles. The van der Waals surface area contributed by atoms with Crippen molar-refractivity contribution >= 4 is 10.2 Å². The van der Waals surface area contributed by atoms with E-state index in [1.165, 1.54) is 0 Å². The summed E-state index contributed by atoms with van der Waals surface area (Å²) in [5.74, 6) is 0. The third-order valence-corrected chi connectivity index (χ3v) is 4.40. The minimum atomic E-state index is -0.554. The number of ether oxygens (including phenoxy) is 3. The third kappa shape index (κ3) is 2.02. The maximum Gasteiger partial charge on any atom is 0.168 e. The fourth-order valence-corrected chi connectivity index (χ4v) is 0.964. The van der Waals surface area contributed by atoms with Gasteiger partial charge in [-0.15, -0.1) is 0 Å². The Morgan fingerprint density at radius 1 is 0.909 bits per heavy atom. The molecule has 0 saturated heterocycles. The Morgan fingerprint density at radius 2 is 1.27 bits per heavy atom. The molecule has 0 aliphatic heterocycles. The van der Waals surface area contributed by atoms with Crippen LogP contribution in [0.25, 0.3) is 0 Å². The minimum absolute atomic E-state index is 0.386. The van der Waals surface area contributed by atoms with Crippen molar-refractivity contribution in [3.05, 3.63) is 0 Å². The molecule has 0 radical (unpaired) electrons. The summed E-state index contributed by atoms with van der Waals surface area (Å²) in [6.45, 7) is 3.90. The molecule has 3 nitrogen and oxygen atoms in total. The van der Waals surface area contributed by atoms with E-state index in [0.29, 0.717) is 0 Å². The monoisotopic (exact) mass is 178 g/mol. The predicted molar refractivity (Wildman–Crippen MR) is 47.8 cm³/mol. The molecule has 4 heteroatoms. The molecule has 0 rings (SSSR count). The van der Waals surface area contributed by atoms with Crippen LogP contribution in [0, 0.1) is 0 Å². The van der Waals surface area contributed by atoms with E-state index in [2.05, 4.69) is 0 Å². The summed E-state index contributed by atoms with van der Waals surface area (Å²) >= 11 is 0. The molecule has 0 heterocycles. The van der Waals surface area contributed by atoms with Crippen LogP contribution in [0.4, 0.5) is 0 Å². The number of methoxy groups -OCH3 is 3. The number of rotatable bonds is 4. The van der Waals surface area contributed by atoms with Gasteiger partial charge in [0.2, 0.25) is 0 Å². The zero-order valence-corrected chi connectivity index (χ0v) is 10.2. The van der Waals surface area contributed by atoms with Gasteiger partial charge in [-0.05, 0) is 13.8 Å². The molecule has 0 aromatic heterocycles. The second kappa shape index (κ2) is 3.67. The Balaban J connectivity index is 4.47. The summed E-state index contributed by atoms with van der Waals surface area (Å²) in [6, 6.07) is 0. The van der Waals surface area contributed by atoms with E-state index in [-0.39, 0.29) is 5.60 Å². The number of hydrogen-bond acceptors (Lipinski definition) is 3. The van der Waals surface area contributed by atoms with E-state index in [1.807, 2.05) is 13.8 Å². The van der Waals surface area contributed by atoms with Crippen LogP contribution >= 0.6 is 0 Å². The van der Waals surface area contributed by atoms with Crippen molar-refractivity contribution in [2.24, 2.45) is 0 Å². The smallest absolute Gasteiger partial charge is 0.168 e. The molecule has 0 aliphatic rings. The van der Waals surface area contributed by atoms with E-state index in [4.69, 9.17) is 14.2 Å². The van der Waals surface area contributed by atoms with Crippen LogP contribution in [0.15, 0.2) is 0 Å².